The SMILES string of the molecule is COc1ccc(C(c2ccc(OC)cc2)N2C(=O)[C@@H](OCc3ccccc3)[C@H]2[C@H](C)OCc2ccccc2)cc1. The van der Waals surface area contributed by atoms with Gasteiger partial charge in [-0.3, -0.25) is 4.79 Å². The van der Waals surface area contributed by atoms with Gasteiger partial charge in [-0.25, -0.2) is 0 Å². The average molecular weight is 538 g/mol. The van der Waals surface area contributed by atoms with E-state index in [1.54, 1.807) is 14.2 Å². The first-order chi connectivity index (χ1) is 19.6. The molecular weight excluding hydrogens is 502 g/mol. The van der Waals surface area contributed by atoms with E-state index in [-0.39, 0.29) is 24.1 Å². The first-order valence-corrected chi connectivity index (χ1v) is 13.5. The number of nitrogens with zero attached hydrogens (tertiary/aromatic N) is 1. The quantitative estimate of drug-likeness (QED) is 0.202. The van der Waals surface area contributed by atoms with Crippen LogP contribution in [-0.2, 0) is 27.5 Å². The van der Waals surface area contributed by atoms with Crippen LogP contribution in [0.5, 0.6) is 11.5 Å². The molecule has 4 aromatic carbocycles. The molecule has 0 radical (unpaired) electrons. The zero-order chi connectivity index (χ0) is 27.9. The van der Waals surface area contributed by atoms with Gasteiger partial charge in [0.05, 0.1) is 45.6 Å². The molecule has 4 aromatic rings. The molecule has 6 heteroatoms. The van der Waals surface area contributed by atoms with Crippen molar-refractivity contribution in [3.05, 3.63) is 131 Å². The van der Waals surface area contributed by atoms with Gasteiger partial charge in [0.1, 0.15) is 11.5 Å². The molecule has 5 rings (SSSR count). The molecule has 0 aromatic heterocycles. The number of carbonyl (C=O) groups is 1. The molecular formula is C34H35NO5. The molecule has 0 unspecified atom stereocenters. The van der Waals surface area contributed by atoms with Crippen molar-refractivity contribution >= 4 is 5.91 Å². The van der Waals surface area contributed by atoms with Crippen LogP contribution < -0.4 is 9.47 Å². The number of methoxy groups -OCH3 is 2. The Morgan fingerprint density at radius 1 is 0.675 bits per heavy atom. The van der Waals surface area contributed by atoms with Crippen LogP contribution in [-0.4, -0.2) is 43.3 Å². The maximum atomic E-state index is 13.9. The summed E-state index contributed by atoms with van der Waals surface area (Å²) in [6, 6.07) is 35.0. The number of benzene rings is 4. The highest BCUT2D eigenvalue weighted by molar-refractivity contribution is 5.89. The molecule has 0 spiro atoms. The van der Waals surface area contributed by atoms with Crippen molar-refractivity contribution in [1.82, 2.24) is 4.90 Å². The maximum absolute atomic E-state index is 13.9. The Bertz CT molecular complexity index is 1310. The van der Waals surface area contributed by atoms with Gasteiger partial charge in [-0.15, -0.1) is 0 Å². The minimum atomic E-state index is -0.620. The van der Waals surface area contributed by atoms with Gasteiger partial charge in [-0.05, 0) is 53.4 Å². The van der Waals surface area contributed by atoms with Gasteiger partial charge < -0.3 is 23.8 Å². The van der Waals surface area contributed by atoms with Crippen molar-refractivity contribution in [2.24, 2.45) is 0 Å². The van der Waals surface area contributed by atoms with Crippen LogP contribution in [0.2, 0.25) is 0 Å². The van der Waals surface area contributed by atoms with Gasteiger partial charge in [-0.1, -0.05) is 84.9 Å². The molecule has 0 N–H and O–H groups in total. The Kier molecular flexibility index (Phi) is 8.79. The minimum absolute atomic E-state index is 0.0623. The highest BCUT2D eigenvalue weighted by Gasteiger charge is 2.54. The molecule has 6 nitrogen and oxygen atoms in total. The summed E-state index contributed by atoms with van der Waals surface area (Å²) in [6.07, 6.45) is -0.900. The summed E-state index contributed by atoms with van der Waals surface area (Å²) in [4.78, 5) is 15.8. The van der Waals surface area contributed by atoms with E-state index in [4.69, 9.17) is 18.9 Å². The summed E-state index contributed by atoms with van der Waals surface area (Å²) in [6.45, 7) is 2.81. The molecule has 1 fully saturated rings. The van der Waals surface area contributed by atoms with E-state index < -0.39 is 6.10 Å². The first kappa shape index (κ1) is 27.4. The fourth-order valence-electron chi connectivity index (χ4n) is 5.19. The van der Waals surface area contributed by atoms with E-state index >= 15 is 0 Å². The summed E-state index contributed by atoms with van der Waals surface area (Å²) in [7, 11) is 3.29. The Balaban J connectivity index is 1.47. The van der Waals surface area contributed by atoms with Gasteiger partial charge in [-0.2, -0.15) is 0 Å². The molecule has 1 amide bonds. The Morgan fingerprint density at radius 3 is 1.62 bits per heavy atom. The van der Waals surface area contributed by atoms with Crippen molar-refractivity contribution < 1.29 is 23.7 Å². The molecule has 1 heterocycles. The van der Waals surface area contributed by atoms with Crippen LogP contribution in [0, 0.1) is 0 Å². The molecule has 0 saturated carbocycles. The van der Waals surface area contributed by atoms with Crippen molar-refractivity contribution in [2.75, 3.05) is 14.2 Å². The van der Waals surface area contributed by atoms with Crippen LogP contribution in [0.1, 0.15) is 35.2 Å². The van der Waals surface area contributed by atoms with E-state index in [1.807, 2.05) is 121 Å². The van der Waals surface area contributed by atoms with E-state index in [0.717, 1.165) is 33.8 Å². The van der Waals surface area contributed by atoms with Gasteiger partial charge in [0, 0.05) is 0 Å². The summed E-state index contributed by atoms with van der Waals surface area (Å²) < 4.78 is 23.4. The summed E-state index contributed by atoms with van der Waals surface area (Å²) in [5, 5.41) is 0. The second kappa shape index (κ2) is 12.8. The third kappa shape index (κ3) is 6.03. The lowest BCUT2D eigenvalue weighted by atomic mass is 9.85. The van der Waals surface area contributed by atoms with E-state index in [1.165, 1.54) is 0 Å². The number of hydrogen-bond acceptors (Lipinski definition) is 5. The third-order valence-electron chi connectivity index (χ3n) is 7.38. The molecule has 3 atom stereocenters. The number of hydrogen-bond donors (Lipinski definition) is 0. The van der Waals surface area contributed by atoms with E-state index in [9.17, 15) is 4.79 Å². The maximum Gasteiger partial charge on any atom is 0.255 e. The van der Waals surface area contributed by atoms with Crippen LogP contribution in [0.15, 0.2) is 109 Å². The van der Waals surface area contributed by atoms with Crippen LogP contribution >= 0.6 is 0 Å². The molecule has 40 heavy (non-hydrogen) atoms. The van der Waals surface area contributed by atoms with Gasteiger partial charge in [0.15, 0.2) is 6.10 Å². The summed E-state index contributed by atoms with van der Waals surface area (Å²) in [5.74, 6) is 1.45. The number of likely N-dealkylation sites (tertiary alicyclic amines) is 1. The topological polar surface area (TPSA) is 57.2 Å². The number of carbonyl (C=O) groups excluding carboxylic acids is 1. The lowest BCUT2D eigenvalue weighted by molar-refractivity contribution is -0.195. The Morgan fingerprint density at radius 2 is 1.15 bits per heavy atom. The zero-order valence-electron chi connectivity index (χ0n) is 23.1. The fraction of sp³-hybridized carbons (Fsp3) is 0.265. The largest absolute Gasteiger partial charge is 0.497 e. The van der Waals surface area contributed by atoms with Crippen molar-refractivity contribution in [3.8, 4) is 11.5 Å². The molecule has 1 aliphatic rings. The number of rotatable bonds is 12. The Labute approximate surface area is 236 Å². The minimum Gasteiger partial charge on any atom is -0.497 e. The second-order valence-corrected chi connectivity index (χ2v) is 9.90. The second-order valence-electron chi connectivity index (χ2n) is 9.90. The summed E-state index contributed by atoms with van der Waals surface area (Å²) >= 11 is 0. The van der Waals surface area contributed by atoms with Gasteiger partial charge >= 0.3 is 0 Å². The summed E-state index contributed by atoms with van der Waals surface area (Å²) in [5.41, 5.74) is 4.05. The fourth-order valence-corrected chi connectivity index (χ4v) is 5.19. The van der Waals surface area contributed by atoms with E-state index in [2.05, 4.69) is 0 Å². The molecule has 1 aliphatic heterocycles. The highest BCUT2D eigenvalue weighted by Crippen LogP contribution is 2.41. The lowest BCUT2D eigenvalue weighted by Gasteiger charge is -2.52. The molecule has 0 bridgehead atoms. The van der Waals surface area contributed by atoms with Crippen LogP contribution in [0.3, 0.4) is 0 Å². The lowest BCUT2D eigenvalue weighted by Crippen LogP contribution is -2.70. The standard InChI is InChI=1S/C34H35NO5/c1-24(39-22-25-10-6-4-7-11-25)31-33(40-23-26-12-8-5-9-13-26)34(36)35(31)32(27-14-18-29(37-2)19-15-27)28-16-20-30(38-3)21-17-28/h4-21,24,31-33H,22-23H2,1-3H3/t24-,31+,33-/m0/s1. The predicted octanol–water partition coefficient (Wildman–Crippen LogP) is 6.19. The molecule has 1 saturated heterocycles. The van der Waals surface area contributed by atoms with Crippen molar-refractivity contribution in [2.45, 2.75) is 44.4 Å². The van der Waals surface area contributed by atoms with Crippen molar-refractivity contribution in [1.29, 1.82) is 0 Å². The molecule has 206 valence electrons. The average Bonchev–Trinajstić information content (AvgIpc) is 3.02. The van der Waals surface area contributed by atoms with Crippen molar-refractivity contribution in [3.63, 3.8) is 0 Å². The normalized spacial score (nSPS) is 17.4. The number of amides is 1. The Hall–Kier alpha value is -4.13. The van der Waals surface area contributed by atoms with Crippen LogP contribution in [0.25, 0.3) is 0 Å². The number of ether oxygens (including phenoxy) is 4. The predicted molar refractivity (Wildman–Crippen MR) is 154 cm³/mol. The monoisotopic (exact) mass is 537 g/mol. The van der Waals surface area contributed by atoms with Gasteiger partial charge in [0.25, 0.3) is 5.91 Å². The van der Waals surface area contributed by atoms with E-state index in [0.29, 0.717) is 13.2 Å². The third-order valence-corrected chi connectivity index (χ3v) is 7.38. The molecule has 0 aliphatic carbocycles. The van der Waals surface area contributed by atoms with Gasteiger partial charge in [0.2, 0.25) is 0 Å². The number of β-lactam (4-membered cyclic amide) rings is 1. The zero-order valence-corrected chi connectivity index (χ0v) is 23.1. The van der Waals surface area contributed by atoms with Crippen LogP contribution in [0.4, 0.5) is 0 Å². The smallest absolute Gasteiger partial charge is 0.255 e. The highest BCUT2D eigenvalue weighted by atomic mass is 16.5. The first-order valence-electron chi connectivity index (χ1n) is 13.5.